The number of rotatable bonds is 0. The molecule has 0 heterocycles. The second-order valence-corrected chi connectivity index (χ2v) is 3.07. The van der Waals surface area contributed by atoms with Crippen molar-refractivity contribution in [3.05, 3.63) is 24.3 Å². The van der Waals surface area contributed by atoms with E-state index in [9.17, 15) is 10.2 Å². The number of anilines is 2. The monoisotopic (exact) mass is 190 g/mol. The summed E-state index contributed by atoms with van der Waals surface area (Å²) >= 11 is 0. The van der Waals surface area contributed by atoms with E-state index in [1.807, 2.05) is 0 Å². The summed E-state index contributed by atoms with van der Waals surface area (Å²) in [7, 11) is 0. The summed E-state index contributed by atoms with van der Waals surface area (Å²) in [5.41, 5.74) is 11.1. The van der Waals surface area contributed by atoms with Crippen LogP contribution in [0.3, 0.4) is 0 Å². The van der Waals surface area contributed by atoms with Gasteiger partial charge in [0, 0.05) is 10.8 Å². The second kappa shape index (κ2) is 2.70. The fraction of sp³-hybridized carbons (Fsp3) is 0. The van der Waals surface area contributed by atoms with E-state index in [-0.39, 0.29) is 22.9 Å². The number of benzene rings is 2. The summed E-state index contributed by atoms with van der Waals surface area (Å²) in [6.07, 6.45) is 0. The van der Waals surface area contributed by atoms with Crippen molar-refractivity contribution in [2.24, 2.45) is 0 Å². The van der Waals surface area contributed by atoms with Gasteiger partial charge in [-0.1, -0.05) is 24.3 Å². The molecule has 2 aromatic rings. The van der Waals surface area contributed by atoms with E-state index in [1.165, 1.54) is 0 Å². The predicted molar refractivity (Wildman–Crippen MR) is 56.1 cm³/mol. The van der Waals surface area contributed by atoms with Crippen molar-refractivity contribution in [2.75, 3.05) is 11.5 Å². The van der Waals surface area contributed by atoms with Gasteiger partial charge in [0.15, 0.2) is 0 Å². The Balaban J connectivity index is 3.02. The summed E-state index contributed by atoms with van der Waals surface area (Å²) in [5, 5.41) is 20.3. The Morgan fingerprint density at radius 1 is 0.786 bits per heavy atom. The second-order valence-electron chi connectivity index (χ2n) is 3.07. The number of fused-ring (bicyclic) bond motifs is 1. The summed E-state index contributed by atoms with van der Waals surface area (Å²) in [5.74, 6) is -0.174. The topological polar surface area (TPSA) is 92.5 Å². The molecule has 0 aliphatic heterocycles. The lowest BCUT2D eigenvalue weighted by Gasteiger charge is -2.09. The normalized spacial score (nSPS) is 10.6. The number of hydrogen-bond donors (Lipinski definition) is 4. The lowest BCUT2D eigenvalue weighted by Crippen LogP contribution is -1.96. The van der Waals surface area contributed by atoms with E-state index in [0.717, 1.165) is 0 Å². The van der Waals surface area contributed by atoms with Gasteiger partial charge in [-0.25, -0.2) is 0 Å². The molecule has 2 aromatic carbocycles. The van der Waals surface area contributed by atoms with Crippen molar-refractivity contribution < 1.29 is 10.2 Å². The Bertz CT molecular complexity index is 462. The molecule has 4 heteroatoms. The Morgan fingerprint density at radius 3 is 1.50 bits per heavy atom. The molecule has 0 saturated carbocycles. The fourth-order valence-corrected chi connectivity index (χ4v) is 1.44. The Morgan fingerprint density at radius 2 is 1.14 bits per heavy atom. The zero-order valence-electron chi connectivity index (χ0n) is 7.36. The first-order chi connectivity index (χ1) is 6.63. The van der Waals surface area contributed by atoms with E-state index in [4.69, 9.17) is 11.5 Å². The molecule has 0 spiro atoms. The van der Waals surface area contributed by atoms with E-state index in [1.54, 1.807) is 24.3 Å². The molecule has 4 nitrogen and oxygen atoms in total. The van der Waals surface area contributed by atoms with Crippen molar-refractivity contribution in [2.45, 2.75) is 0 Å². The zero-order valence-corrected chi connectivity index (χ0v) is 7.36. The number of hydrogen-bond acceptors (Lipinski definition) is 4. The van der Waals surface area contributed by atoms with E-state index < -0.39 is 0 Å². The molecule has 0 unspecified atom stereocenters. The van der Waals surface area contributed by atoms with E-state index in [0.29, 0.717) is 10.8 Å². The van der Waals surface area contributed by atoms with Crippen molar-refractivity contribution >= 4 is 22.1 Å². The molecule has 14 heavy (non-hydrogen) atoms. The Kier molecular flexibility index (Phi) is 1.64. The molecular weight excluding hydrogens is 180 g/mol. The summed E-state index contributed by atoms with van der Waals surface area (Å²) in [6.45, 7) is 0. The van der Waals surface area contributed by atoms with Gasteiger partial charge in [0.25, 0.3) is 0 Å². The molecule has 72 valence electrons. The summed E-state index contributed by atoms with van der Waals surface area (Å²) in [6, 6.07) is 6.83. The van der Waals surface area contributed by atoms with Crippen LogP contribution in [0.4, 0.5) is 11.4 Å². The maximum absolute atomic E-state index is 9.65. The van der Waals surface area contributed by atoms with Crippen LogP contribution >= 0.6 is 0 Å². The number of nitrogen functional groups attached to an aromatic ring is 2. The molecule has 0 radical (unpaired) electrons. The van der Waals surface area contributed by atoms with Gasteiger partial charge in [0.2, 0.25) is 0 Å². The Labute approximate surface area is 80.4 Å². The first-order valence-corrected chi connectivity index (χ1v) is 4.10. The first kappa shape index (κ1) is 8.50. The minimum Gasteiger partial charge on any atom is -0.505 e. The van der Waals surface area contributed by atoms with Crippen molar-refractivity contribution in [3.63, 3.8) is 0 Å². The number of aromatic hydroxyl groups is 2. The van der Waals surface area contributed by atoms with Crippen LogP contribution in [0.5, 0.6) is 11.5 Å². The largest absolute Gasteiger partial charge is 0.505 e. The molecule has 0 fully saturated rings. The third kappa shape index (κ3) is 0.939. The molecule has 0 aliphatic carbocycles. The molecular formula is C10H10N2O2. The van der Waals surface area contributed by atoms with Gasteiger partial charge >= 0.3 is 0 Å². The minimum absolute atomic E-state index is 0.0150. The highest BCUT2D eigenvalue weighted by atomic mass is 16.3. The van der Waals surface area contributed by atoms with Gasteiger partial charge in [-0.3, -0.25) is 0 Å². The van der Waals surface area contributed by atoms with Crippen LogP contribution < -0.4 is 11.5 Å². The van der Waals surface area contributed by atoms with Crippen LogP contribution in [-0.4, -0.2) is 10.2 Å². The zero-order chi connectivity index (χ0) is 10.3. The maximum Gasteiger partial charge on any atom is 0.148 e. The van der Waals surface area contributed by atoms with Crippen LogP contribution in [0, 0.1) is 0 Å². The predicted octanol–water partition coefficient (Wildman–Crippen LogP) is 1.42. The van der Waals surface area contributed by atoms with Crippen molar-refractivity contribution in [3.8, 4) is 11.5 Å². The average Bonchev–Trinajstić information content (AvgIpc) is 2.23. The van der Waals surface area contributed by atoms with Crippen LogP contribution in [-0.2, 0) is 0 Å². The minimum atomic E-state index is -0.0871. The van der Waals surface area contributed by atoms with Gasteiger partial charge in [-0.05, 0) is 0 Å². The number of nitrogens with two attached hydrogens (primary N) is 2. The molecule has 6 N–H and O–H groups in total. The Hall–Kier alpha value is -2.10. The van der Waals surface area contributed by atoms with E-state index in [2.05, 4.69) is 0 Å². The average molecular weight is 190 g/mol. The van der Waals surface area contributed by atoms with Gasteiger partial charge in [-0.2, -0.15) is 0 Å². The summed E-state index contributed by atoms with van der Waals surface area (Å²) in [4.78, 5) is 0. The van der Waals surface area contributed by atoms with Crippen LogP contribution in [0.1, 0.15) is 0 Å². The lowest BCUT2D eigenvalue weighted by atomic mass is 10.1. The van der Waals surface area contributed by atoms with Crippen LogP contribution in [0.25, 0.3) is 10.8 Å². The van der Waals surface area contributed by atoms with Crippen molar-refractivity contribution in [1.82, 2.24) is 0 Å². The summed E-state index contributed by atoms with van der Waals surface area (Å²) < 4.78 is 0. The molecule has 0 bridgehead atoms. The molecule has 0 aromatic heterocycles. The highest BCUT2D eigenvalue weighted by Crippen LogP contribution is 2.42. The SMILES string of the molecule is Nc1c(N)c(O)c2ccccc2c1O. The van der Waals surface area contributed by atoms with Gasteiger partial charge in [0.05, 0.1) is 0 Å². The lowest BCUT2D eigenvalue weighted by molar-refractivity contribution is 0.474. The standard InChI is InChI=1S/C10H10N2O2/c11-7-8(12)10(14)6-4-2-1-3-5(6)9(7)13/h1-4,13-14H,11-12H2. The smallest absolute Gasteiger partial charge is 0.148 e. The number of phenols is 2. The van der Waals surface area contributed by atoms with Crippen LogP contribution in [0.2, 0.25) is 0 Å². The highest BCUT2D eigenvalue weighted by Gasteiger charge is 2.13. The fourth-order valence-electron chi connectivity index (χ4n) is 1.44. The van der Waals surface area contributed by atoms with Gasteiger partial charge in [-0.15, -0.1) is 0 Å². The highest BCUT2D eigenvalue weighted by molar-refractivity contribution is 6.03. The first-order valence-electron chi connectivity index (χ1n) is 4.10. The third-order valence-corrected chi connectivity index (χ3v) is 2.24. The van der Waals surface area contributed by atoms with Gasteiger partial charge < -0.3 is 21.7 Å². The molecule has 0 saturated heterocycles. The van der Waals surface area contributed by atoms with E-state index >= 15 is 0 Å². The number of phenolic OH excluding ortho intramolecular Hbond substituents is 2. The third-order valence-electron chi connectivity index (χ3n) is 2.24. The molecule has 0 aliphatic rings. The van der Waals surface area contributed by atoms with Gasteiger partial charge in [0.1, 0.15) is 22.9 Å². The van der Waals surface area contributed by atoms with Crippen LogP contribution in [0.15, 0.2) is 24.3 Å². The quantitative estimate of drug-likeness (QED) is 0.287. The maximum atomic E-state index is 9.65. The van der Waals surface area contributed by atoms with Crippen molar-refractivity contribution in [1.29, 1.82) is 0 Å². The molecule has 2 rings (SSSR count). The molecule has 0 amide bonds. The molecule has 0 atom stereocenters.